The SMILES string of the molecule is COCCCC(CNC(C)(C)C)Cc1ccc(C)cc1. The lowest BCUT2D eigenvalue weighted by atomic mass is 9.93. The van der Waals surface area contributed by atoms with Gasteiger partial charge in [-0.3, -0.25) is 0 Å². The molecule has 1 rings (SSSR count). The van der Waals surface area contributed by atoms with Gasteiger partial charge in [-0.25, -0.2) is 0 Å². The van der Waals surface area contributed by atoms with Gasteiger partial charge < -0.3 is 10.1 Å². The third-order valence-electron chi connectivity index (χ3n) is 3.53. The molecule has 114 valence electrons. The standard InChI is InChI=1S/C18H31NO/c1-15-8-10-16(11-9-15)13-17(7-6-12-20-5)14-19-18(2,3)4/h8-11,17,19H,6-7,12-14H2,1-5H3. The van der Waals surface area contributed by atoms with Crippen molar-refractivity contribution in [2.45, 2.75) is 52.5 Å². The Bertz CT molecular complexity index is 364. The fraction of sp³-hybridized carbons (Fsp3) is 0.667. The first-order valence-electron chi connectivity index (χ1n) is 7.70. The summed E-state index contributed by atoms with van der Waals surface area (Å²) in [6.45, 7) is 10.8. The molecular formula is C18H31NO. The van der Waals surface area contributed by atoms with Crippen LogP contribution in [0.25, 0.3) is 0 Å². The number of ether oxygens (including phenoxy) is 1. The van der Waals surface area contributed by atoms with Crippen LogP contribution < -0.4 is 5.32 Å². The van der Waals surface area contributed by atoms with Gasteiger partial charge in [0.05, 0.1) is 0 Å². The van der Waals surface area contributed by atoms with Gasteiger partial charge in [0.2, 0.25) is 0 Å². The number of hydrogen-bond donors (Lipinski definition) is 1. The van der Waals surface area contributed by atoms with Gasteiger partial charge in [-0.2, -0.15) is 0 Å². The Morgan fingerprint density at radius 1 is 1.15 bits per heavy atom. The molecule has 0 spiro atoms. The predicted octanol–water partition coefficient (Wildman–Crippen LogP) is 3.97. The van der Waals surface area contributed by atoms with Crippen LogP contribution in [0.5, 0.6) is 0 Å². The molecule has 1 unspecified atom stereocenters. The van der Waals surface area contributed by atoms with Crippen molar-refractivity contribution in [1.29, 1.82) is 0 Å². The van der Waals surface area contributed by atoms with E-state index in [2.05, 4.69) is 57.3 Å². The van der Waals surface area contributed by atoms with Crippen LogP contribution >= 0.6 is 0 Å². The number of methoxy groups -OCH3 is 1. The molecule has 1 atom stereocenters. The van der Waals surface area contributed by atoms with Crippen molar-refractivity contribution >= 4 is 0 Å². The van der Waals surface area contributed by atoms with E-state index in [0.29, 0.717) is 5.92 Å². The third-order valence-corrected chi connectivity index (χ3v) is 3.53. The second kappa shape index (κ2) is 8.43. The van der Waals surface area contributed by atoms with E-state index in [-0.39, 0.29) is 5.54 Å². The van der Waals surface area contributed by atoms with Gasteiger partial charge in [-0.15, -0.1) is 0 Å². The van der Waals surface area contributed by atoms with Gasteiger partial charge >= 0.3 is 0 Å². The normalized spacial score (nSPS) is 13.4. The molecule has 0 bridgehead atoms. The maximum absolute atomic E-state index is 5.18. The Hall–Kier alpha value is -0.860. The van der Waals surface area contributed by atoms with Crippen molar-refractivity contribution in [3.63, 3.8) is 0 Å². The van der Waals surface area contributed by atoms with Gasteiger partial charge in [-0.1, -0.05) is 29.8 Å². The number of rotatable bonds is 8. The molecule has 0 fully saturated rings. The molecule has 0 aliphatic heterocycles. The van der Waals surface area contributed by atoms with Gasteiger partial charge in [0.15, 0.2) is 0 Å². The summed E-state index contributed by atoms with van der Waals surface area (Å²) < 4.78 is 5.18. The molecule has 1 aromatic carbocycles. The Morgan fingerprint density at radius 2 is 1.80 bits per heavy atom. The molecule has 1 N–H and O–H groups in total. The largest absolute Gasteiger partial charge is 0.385 e. The molecular weight excluding hydrogens is 246 g/mol. The van der Waals surface area contributed by atoms with Crippen LogP contribution in [0.3, 0.4) is 0 Å². The van der Waals surface area contributed by atoms with Gasteiger partial charge in [0.1, 0.15) is 0 Å². The molecule has 2 nitrogen and oxygen atoms in total. The molecule has 0 radical (unpaired) electrons. The maximum Gasteiger partial charge on any atom is 0.0462 e. The minimum atomic E-state index is 0.187. The van der Waals surface area contributed by atoms with Crippen LogP contribution in [0.2, 0.25) is 0 Å². The van der Waals surface area contributed by atoms with E-state index < -0.39 is 0 Å². The molecule has 0 aliphatic carbocycles. The smallest absolute Gasteiger partial charge is 0.0462 e. The van der Waals surface area contributed by atoms with Crippen LogP contribution in [0.1, 0.15) is 44.7 Å². The van der Waals surface area contributed by atoms with E-state index in [0.717, 1.165) is 26.0 Å². The zero-order chi connectivity index (χ0) is 15.0. The number of aryl methyl sites for hydroxylation is 1. The summed E-state index contributed by atoms with van der Waals surface area (Å²) in [4.78, 5) is 0. The zero-order valence-corrected chi connectivity index (χ0v) is 13.8. The molecule has 20 heavy (non-hydrogen) atoms. The molecule has 0 amide bonds. The summed E-state index contributed by atoms with van der Waals surface area (Å²) in [6, 6.07) is 8.93. The highest BCUT2D eigenvalue weighted by molar-refractivity contribution is 5.21. The molecule has 0 aliphatic rings. The van der Waals surface area contributed by atoms with Gasteiger partial charge in [0, 0.05) is 19.3 Å². The van der Waals surface area contributed by atoms with Crippen molar-refractivity contribution in [2.75, 3.05) is 20.3 Å². The van der Waals surface area contributed by atoms with Crippen molar-refractivity contribution < 1.29 is 4.74 Å². The monoisotopic (exact) mass is 277 g/mol. The predicted molar refractivity (Wildman–Crippen MR) is 87.2 cm³/mol. The average molecular weight is 277 g/mol. The summed E-state index contributed by atoms with van der Waals surface area (Å²) in [5.41, 5.74) is 2.96. The lowest BCUT2D eigenvalue weighted by Gasteiger charge is -2.25. The highest BCUT2D eigenvalue weighted by Gasteiger charge is 2.14. The highest BCUT2D eigenvalue weighted by atomic mass is 16.5. The Balaban J connectivity index is 2.54. The minimum Gasteiger partial charge on any atom is -0.385 e. The summed E-state index contributed by atoms with van der Waals surface area (Å²) in [7, 11) is 1.78. The van der Waals surface area contributed by atoms with E-state index in [1.165, 1.54) is 17.5 Å². The molecule has 1 aromatic rings. The minimum absolute atomic E-state index is 0.187. The number of nitrogens with one attached hydrogen (secondary N) is 1. The summed E-state index contributed by atoms with van der Waals surface area (Å²) in [5.74, 6) is 0.673. The van der Waals surface area contributed by atoms with E-state index in [9.17, 15) is 0 Å². The molecule has 0 aromatic heterocycles. The Kier molecular flexibility index (Phi) is 7.25. The zero-order valence-electron chi connectivity index (χ0n) is 13.8. The highest BCUT2D eigenvalue weighted by Crippen LogP contribution is 2.16. The first-order chi connectivity index (χ1) is 9.40. The number of hydrogen-bond acceptors (Lipinski definition) is 2. The van der Waals surface area contributed by atoms with E-state index in [1.807, 2.05) is 0 Å². The molecule has 0 heterocycles. The van der Waals surface area contributed by atoms with Crippen molar-refractivity contribution in [1.82, 2.24) is 5.32 Å². The Morgan fingerprint density at radius 3 is 2.35 bits per heavy atom. The average Bonchev–Trinajstić information content (AvgIpc) is 2.37. The topological polar surface area (TPSA) is 21.3 Å². The molecule has 0 saturated carbocycles. The summed E-state index contributed by atoms with van der Waals surface area (Å²) in [5, 5.41) is 3.64. The van der Waals surface area contributed by atoms with Crippen LogP contribution in [0.15, 0.2) is 24.3 Å². The summed E-state index contributed by atoms with van der Waals surface area (Å²) in [6.07, 6.45) is 3.50. The Labute approximate surface area is 124 Å². The first kappa shape index (κ1) is 17.2. The summed E-state index contributed by atoms with van der Waals surface area (Å²) >= 11 is 0. The van der Waals surface area contributed by atoms with Crippen molar-refractivity contribution in [2.24, 2.45) is 5.92 Å². The van der Waals surface area contributed by atoms with Gasteiger partial charge in [-0.05, 0) is 65.0 Å². The third kappa shape index (κ3) is 7.66. The molecule has 2 heteroatoms. The second-order valence-corrected chi connectivity index (χ2v) is 6.82. The van der Waals surface area contributed by atoms with Crippen LogP contribution in [-0.2, 0) is 11.2 Å². The van der Waals surface area contributed by atoms with Crippen LogP contribution in [-0.4, -0.2) is 25.8 Å². The van der Waals surface area contributed by atoms with Crippen LogP contribution in [0, 0.1) is 12.8 Å². The van der Waals surface area contributed by atoms with E-state index in [1.54, 1.807) is 7.11 Å². The maximum atomic E-state index is 5.18. The lowest BCUT2D eigenvalue weighted by molar-refractivity contribution is 0.185. The van der Waals surface area contributed by atoms with Crippen LogP contribution in [0.4, 0.5) is 0 Å². The van der Waals surface area contributed by atoms with Crippen molar-refractivity contribution in [3.05, 3.63) is 35.4 Å². The van der Waals surface area contributed by atoms with Gasteiger partial charge in [0.25, 0.3) is 0 Å². The number of benzene rings is 1. The first-order valence-corrected chi connectivity index (χ1v) is 7.70. The van der Waals surface area contributed by atoms with E-state index >= 15 is 0 Å². The fourth-order valence-electron chi connectivity index (χ4n) is 2.30. The fourth-order valence-corrected chi connectivity index (χ4v) is 2.30. The van der Waals surface area contributed by atoms with E-state index in [4.69, 9.17) is 4.74 Å². The molecule has 0 saturated heterocycles. The quantitative estimate of drug-likeness (QED) is 0.726. The van der Waals surface area contributed by atoms with Crippen molar-refractivity contribution in [3.8, 4) is 0 Å². The lowest BCUT2D eigenvalue weighted by Crippen LogP contribution is -2.39. The second-order valence-electron chi connectivity index (χ2n) is 6.82.